The summed E-state index contributed by atoms with van der Waals surface area (Å²) < 4.78 is 53.0. The van der Waals surface area contributed by atoms with Crippen LogP contribution in [0.1, 0.15) is 31.8 Å². The molecule has 7 heteroatoms. The van der Waals surface area contributed by atoms with Crippen LogP contribution in [0.25, 0.3) is 122 Å². The minimum Gasteiger partial charge on any atom is -0.0561 e. The van der Waals surface area contributed by atoms with E-state index in [-0.39, 0.29) is 29.6 Å². The van der Waals surface area contributed by atoms with Crippen LogP contribution in [0.2, 0.25) is 0 Å². The van der Waals surface area contributed by atoms with Gasteiger partial charge >= 0.3 is 439 Å². The van der Waals surface area contributed by atoms with E-state index >= 15 is 0 Å². The van der Waals surface area contributed by atoms with Crippen molar-refractivity contribution in [3.63, 3.8) is 0 Å². The van der Waals surface area contributed by atoms with Gasteiger partial charge in [0.05, 0.1) is 5.48 Å². The molecule has 0 atom stereocenters. The van der Waals surface area contributed by atoms with E-state index in [1.807, 2.05) is 30.3 Å². The summed E-state index contributed by atoms with van der Waals surface area (Å²) in [6.45, 7) is 6.39. The molecule has 0 saturated carbocycles. The molecule has 6 nitrogen and oxygen atoms in total. The molecule has 0 aliphatic rings. The zero-order valence-electron chi connectivity index (χ0n) is 49.6. The van der Waals surface area contributed by atoms with Gasteiger partial charge in [0, 0.05) is 6.20 Å². The van der Waals surface area contributed by atoms with Crippen LogP contribution in [0.4, 0.5) is 0 Å². The first-order valence-electron chi connectivity index (χ1n) is 29.7. The summed E-state index contributed by atoms with van der Waals surface area (Å²) in [5.41, 5.74) is 16.7. The minimum atomic E-state index is -0.327. The number of hydrogen-bond acceptors (Lipinski definition) is 2. The van der Waals surface area contributed by atoms with Crippen LogP contribution >= 0.6 is 0 Å². The molecule has 0 unspecified atom stereocenters. The maximum absolute atomic E-state index is 9.30. The van der Waals surface area contributed by atoms with Gasteiger partial charge in [-0.1, -0.05) is 32.9 Å². The normalized spacial score (nSPS) is 12.5. The van der Waals surface area contributed by atoms with Gasteiger partial charge in [0.25, 0.3) is 0 Å². The van der Waals surface area contributed by atoms with Crippen molar-refractivity contribution >= 4 is 60.2 Å². The van der Waals surface area contributed by atoms with Crippen LogP contribution in [0.3, 0.4) is 0 Å². The molecule has 0 spiro atoms. The third-order valence-corrected chi connectivity index (χ3v) is 16.8. The number of ether oxygens (including phenoxy) is 1. The summed E-state index contributed by atoms with van der Waals surface area (Å²) in [6, 6.07) is 89.3. The van der Waals surface area contributed by atoms with Gasteiger partial charge in [-0.2, -0.15) is 0 Å². The number of hydrogen-bond donors (Lipinski definition) is 0. The van der Waals surface area contributed by atoms with Crippen molar-refractivity contribution in [3.05, 3.63) is 288 Å². The third-order valence-electron chi connectivity index (χ3n) is 15.8. The molecule has 0 amide bonds. The molecule has 0 bridgehead atoms. The molecule has 0 radical (unpaired) electrons. The topological polar surface area (TPSA) is 41.3 Å². The first kappa shape index (κ1) is 45.8. The standard InChI is InChI=1S/C76H53N5O.Pt/c1-76(2,3)57-42-43-77-73(47-57)81-68-36-19-16-30-63(68)65-40-38-59(48-71(65)81)82-60-39-41-69-72(49-60)79-50-78(74-61(53-26-12-6-13-27-53)32-20-33-62(74)54-28-14-7-15-29-54)70-37-21-34-66(75(70)79)64-31-17-18-35-67(64)80(69)58-45-55(51-22-8-4-9-23-51)44-56(46-58)52-24-10-5-11-25-52;/h4-47H,1-3H3;/q-2;/i16D,19D,30D,36D;. The minimum absolute atomic E-state index is 0.136. The molecular formula is C76H53N5OPt-2. The van der Waals surface area contributed by atoms with Crippen LogP contribution in [0, 0.1) is 15.9 Å². The Morgan fingerprint density at radius 2 is 1.01 bits per heavy atom. The third kappa shape index (κ3) is 8.68. The Hall–Kier alpha value is -9.87. The smallest absolute Gasteiger partial charge is 0.0561 e. The average molecular weight is 1250 g/mol. The number of nitrogens with zero attached hydrogens (tertiary/aromatic N) is 5. The van der Waals surface area contributed by atoms with Crippen LogP contribution in [0.15, 0.2) is 267 Å². The molecule has 400 valence electrons. The van der Waals surface area contributed by atoms with Gasteiger partial charge < -0.3 is 0 Å². The number of fused-ring (bicyclic) bond motifs is 7. The van der Waals surface area contributed by atoms with E-state index < -0.39 is 0 Å². The van der Waals surface area contributed by atoms with Gasteiger partial charge in [-0.3, -0.25) is 0 Å². The monoisotopic (exact) mass is 1250 g/mol. The van der Waals surface area contributed by atoms with Gasteiger partial charge in [0.15, 0.2) is 0 Å². The predicted molar refractivity (Wildman–Crippen MR) is 337 cm³/mol. The summed E-state index contributed by atoms with van der Waals surface area (Å²) in [7, 11) is 0. The van der Waals surface area contributed by atoms with Crippen molar-refractivity contribution in [2.75, 3.05) is 0 Å². The molecule has 11 aromatic carbocycles. The van der Waals surface area contributed by atoms with Gasteiger partial charge in [0.2, 0.25) is 0 Å². The zero-order valence-corrected chi connectivity index (χ0v) is 47.8. The van der Waals surface area contributed by atoms with Gasteiger partial charge in [-0.25, -0.2) is 0 Å². The summed E-state index contributed by atoms with van der Waals surface area (Å²) in [5.74, 6) is 1.27. The Balaban J connectivity index is 1.06. The quantitative estimate of drug-likeness (QED) is 0.135. The van der Waals surface area contributed by atoms with Crippen LogP contribution in [-0.2, 0) is 24.8 Å². The summed E-state index contributed by atoms with van der Waals surface area (Å²) in [6.07, 6.45) is 1.75. The summed E-state index contributed by atoms with van der Waals surface area (Å²) in [4.78, 5) is 4.84. The van der Waals surface area contributed by atoms with Crippen molar-refractivity contribution in [3.8, 4) is 73.2 Å². The van der Waals surface area contributed by atoms with E-state index in [1.165, 1.54) is 0 Å². The number of pyridine rings is 1. The second-order valence-electron chi connectivity index (χ2n) is 21.8. The molecule has 0 fully saturated rings. The molecule has 0 saturated heterocycles. The Kier molecular flexibility index (Phi) is 11.2. The first-order valence-corrected chi connectivity index (χ1v) is 28.8. The Morgan fingerprint density at radius 1 is 0.446 bits per heavy atom. The molecular weight excluding hydrogens is 1190 g/mol. The second-order valence-corrected chi connectivity index (χ2v) is 22.8. The molecule has 0 aliphatic heterocycles. The molecule has 4 heterocycles. The average Bonchev–Trinajstić information content (AvgIpc) is 2.89. The molecule has 4 aromatic heterocycles. The number of para-hydroxylation sites is 4. The molecule has 15 rings (SSSR count). The fourth-order valence-corrected chi connectivity index (χ4v) is 12.9. The van der Waals surface area contributed by atoms with E-state index in [0.717, 1.165) is 104 Å². The van der Waals surface area contributed by atoms with Crippen molar-refractivity contribution in [2.45, 2.75) is 26.2 Å². The number of imidazole rings is 1. The molecule has 0 N–H and O–H groups in total. The Labute approximate surface area is 497 Å². The van der Waals surface area contributed by atoms with E-state index in [0.29, 0.717) is 39.1 Å². The maximum atomic E-state index is 9.30. The number of benzene rings is 11. The van der Waals surface area contributed by atoms with Crippen molar-refractivity contribution < 1.29 is 29.6 Å². The van der Waals surface area contributed by atoms with Crippen molar-refractivity contribution in [1.29, 1.82) is 0 Å². The predicted octanol–water partition coefficient (Wildman–Crippen LogP) is 19.5. The van der Waals surface area contributed by atoms with Crippen molar-refractivity contribution in [1.82, 2.24) is 23.1 Å². The van der Waals surface area contributed by atoms with Crippen LogP contribution in [0.5, 0.6) is 11.5 Å². The van der Waals surface area contributed by atoms with Gasteiger partial charge in [0.1, 0.15) is 0 Å². The fourth-order valence-electron chi connectivity index (χ4n) is 11.9. The molecule has 15 aromatic rings. The Bertz CT molecular complexity index is 5240. The number of rotatable bonds is 9. The van der Waals surface area contributed by atoms with Gasteiger partial charge in [-0.15, -0.1) is 0 Å². The second kappa shape index (κ2) is 20.3. The van der Waals surface area contributed by atoms with Crippen molar-refractivity contribution in [2.24, 2.45) is 0 Å². The first-order chi connectivity index (χ1) is 42.4. The van der Waals surface area contributed by atoms with E-state index in [2.05, 4.69) is 272 Å². The SMILES string of the molecule is [2H]c1c([2H])c([2H])c2c(c1[2H])c1ccc(Oc3[c-]c4c(cc3)n(-c3cc(-c5ccccc5)cc(-c5ccccc5)c3)c3ccccc3c3cccc5c3n4[c](=[Pt])n5-c3c(-c4ccccc4)cccc3-c3ccccc3)[c-]c1n2-c1cc(C(C)(C)C)ccn1. The summed E-state index contributed by atoms with van der Waals surface area (Å²) in [5, 5.41) is 3.04. The molecule has 83 heavy (non-hydrogen) atoms. The van der Waals surface area contributed by atoms with E-state index in [4.69, 9.17) is 12.5 Å². The molecule has 0 aliphatic carbocycles. The van der Waals surface area contributed by atoms with E-state index in [9.17, 15) is 2.74 Å². The van der Waals surface area contributed by atoms with Gasteiger partial charge in [-0.05, 0) is 17.0 Å². The fraction of sp³-hybridized carbons (Fsp3) is 0.0526. The van der Waals surface area contributed by atoms with Crippen LogP contribution < -0.4 is 4.74 Å². The Morgan fingerprint density at radius 3 is 1.67 bits per heavy atom. The zero-order chi connectivity index (χ0) is 59.2. The van der Waals surface area contributed by atoms with E-state index in [1.54, 1.807) is 10.8 Å². The number of aromatic nitrogens is 5. The van der Waals surface area contributed by atoms with Crippen LogP contribution in [-0.4, -0.2) is 23.1 Å². The summed E-state index contributed by atoms with van der Waals surface area (Å²) >= 11 is 2.52.